The Morgan fingerprint density at radius 3 is 2.45 bits per heavy atom. The number of nitrogens with zero attached hydrogens (tertiary/aromatic N) is 1. The first-order valence-electron chi connectivity index (χ1n) is 9.47. The van der Waals surface area contributed by atoms with Crippen molar-refractivity contribution in [2.75, 3.05) is 34.4 Å². The third kappa shape index (κ3) is 4.17. The zero-order valence-corrected chi connectivity index (χ0v) is 17.9. The lowest BCUT2D eigenvalue weighted by molar-refractivity contribution is -0.133. The number of rotatable bonds is 7. The second kappa shape index (κ2) is 9.17. The molecule has 0 unspecified atom stereocenters. The molecule has 0 saturated heterocycles. The van der Waals surface area contributed by atoms with E-state index < -0.39 is 0 Å². The van der Waals surface area contributed by atoms with Crippen LogP contribution in [0.2, 0.25) is 0 Å². The highest BCUT2D eigenvalue weighted by molar-refractivity contribution is 7.10. The van der Waals surface area contributed by atoms with Crippen LogP contribution in [-0.2, 0) is 11.2 Å². The van der Waals surface area contributed by atoms with E-state index in [0.717, 1.165) is 12.8 Å². The average Bonchev–Trinajstić information content (AvgIpc) is 3.24. The first-order chi connectivity index (χ1) is 14.0. The van der Waals surface area contributed by atoms with Crippen molar-refractivity contribution >= 4 is 23.2 Å². The van der Waals surface area contributed by atoms with Gasteiger partial charge in [0.05, 0.1) is 33.9 Å². The maximum Gasteiger partial charge on any atom is 0.251 e. The van der Waals surface area contributed by atoms with Gasteiger partial charge in [-0.05, 0) is 42.0 Å². The van der Waals surface area contributed by atoms with E-state index in [0.29, 0.717) is 29.4 Å². The van der Waals surface area contributed by atoms with Crippen molar-refractivity contribution in [2.45, 2.75) is 25.8 Å². The quantitative estimate of drug-likeness (QED) is 0.748. The van der Waals surface area contributed by atoms with Crippen LogP contribution in [0.25, 0.3) is 0 Å². The highest BCUT2D eigenvalue weighted by Gasteiger charge is 2.30. The Balaban J connectivity index is 1.70. The molecule has 3 rings (SSSR count). The highest BCUT2D eigenvalue weighted by atomic mass is 32.1. The summed E-state index contributed by atoms with van der Waals surface area (Å²) < 4.78 is 15.8. The Bertz CT molecular complexity index is 870. The fraction of sp³-hybridized carbons (Fsp3) is 0.429. The number of carbonyl (C=O) groups is 2. The van der Waals surface area contributed by atoms with E-state index in [4.69, 9.17) is 14.2 Å². The summed E-state index contributed by atoms with van der Waals surface area (Å²) in [6, 6.07) is 5.29. The first-order valence-corrected chi connectivity index (χ1v) is 10.4. The van der Waals surface area contributed by atoms with E-state index in [9.17, 15) is 9.59 Å². The number of methoxy groups -OCH3 is 3. The SMILES string of the molecule is CC[C@@H]1c2ccsc2CCN1C(=O)CNC(=O)c1cc(OC)c(OC)c(OC)c1. The Morgan fingerprint density at radius 2 is 1.86 bits per heavy atom. The van der Waals surface area contributed by atoms with Crippen LogP contribution in [-0.4, -0.2) is 51.1 Å². The highest BCUT2D eigenvalue weighted by Crippen LogP contribution is 2.38. The standard InChI is InChI=1S/C21H26N2O5S/c1-5-15-14-7-9-29-18(14)6-8-23(15)19(24)12-22-21(25)13-10-16(26-2)20(28-4)17(11-13)27-3/h7,9-11,15H,5-6,8,12H2,1-4H3,(H,22,25)/t15-/m1/s1. The van der Waals surface area contributed by atoms with E-state index in [1.807, 2.05) is 4.90 Å². The molecule has 0 saturated carbocycles. The van der Waals surface area contributed by atoms with Gasteiger partial charge in [-0.15, -0.1) is 11.3 Å². The van der Waals surface area contributed by atoms with Crippen LogP contribution in [0.15, 0.2) is 23.6 Å². The Kier molecular flexibility index (Phi) is 6.64. The van der Waals surface area contributed by atoms with Crippen molar-refractivity contribution in [1.82, 2.24) is 10.2 Å². The number of ether oxygens (including phenoxy) is 3. The number of fused-ring (bicyclic) bond motifs is 1. The van der Waals surface area contributed by atoms with Gasteiger partial charge in [-0.2, -0.15) is 0 Å². The van der Waals surface area contributed by atoms with Gasteiger partial charge in [-0.25, -0.2) is 0 Å². The van der Waals surface area contributed by atoms with Gasteiger partial charge in [0.1, 0.15) is 0 Å². The van der Waals surface area contributed by atoms with Crippen molar-refractivity contribution in [3.8, 4) is 17.2 Å². The third-order valence-corrected chi connectivity index (χ3v) is 6.13. The van der Waals surface area contributed by atoms with Gasteiger partial charge in [0.2, 0.25) is 11.7 Å². The van der Waals surface area contributed by atoms with Gasteiger partial charge in [0.25, 0.3) is 5.91 Å². The molecule has 0 fully saturated rings. The maximum atomic E-state index is 12.8. The zero-order chi connectivity index (χ0) is 21.0. The smallest absolute Gasteiger partial charge is 0.251 e. The second-order valence-corrected chi connectivity index (χ2v) is 7.66. The van der Waals surface area contributed by atoms with Crippen molar-refractivity contribution in [2.24, 2.45) is 0 Å². The lowest BCUT2D eigenvalue weighted by Gasteiger charge is -2.35. The van der Waals surface area contributed by atoms with Gasteiger partial charge < -0.3 is 24.4 Å². The fourth-order valence-corrected chi connectivity index (χ4v) is 4.64. The number of carbonyl (C=O) groups excluding carboxylic acids is 2. The Morgan fingerprint density at radius 1 is 1.17 bits per heavy atom. The summed E-state index contributed by atoms with van der Waals surface area (Å²) in [7, 11) is 4.48. The molecule has 2 amide bonds. The summed E-state index contributed by atoms with van der Waals surface area (Å²) in [5.41, 5.74) is 1.56. The van der Waals surface area contributed by atoms with Gasteiger partial charge in [0.15, 0.2) is 11.5 Å². The van der Waals surface area contributed by atoms with Crippen LogP contribution in [0.4, 0.5) is 0 Å². The van der Waals surface area contributed by atoms with Gasteiger partial charge >= 0.3 is 0 Å². The normalized spacial score (nSPS) is 15.4. The van der Waals surface area contributed by atoms with Crippen LogP contribution < -0.4 is 19.5 Å². The fourth-order valence-electron chi connectivity index (χ4n) is 3.71. The summed E-state index contributed by atoms with van der Waals surface area (Å²) in [6.45, 7) is 2.68. The summed E-state index contributed by atoms with van der Waals surface area (Å²) >= 11 is 1.74. The van der Waals surface area contributed by atoms with Crippen molar-refractivity contribution in [3.63, 3.8) is 0 Å². The van der Waals surface area contributed by atoms with Crippen LogP contribution in [0.5, 0.6) is 17.2 Å². The predicted octanol–water partition coefficient (Wildman–Crippen LogP) is 3.04. The molecule has 1 aliphatic rings. The van der Waals surface area contributed by atoms with Crippen LogP contribution in [0.1, 0.15) is 40.2 Å². The molecular weight excluding hydrogens is 392 g/mol. The number of nitrogens with one attached hydrogen (secondary N) is 1. The number of hydrogen-bond donors (Lipinski definition) is 1. The minimum atomic E-state index is -0.376. The largest absolute Gasteiger partial charge is 0.493 e. The molecule has 1 aliphatic heterocycles. The minimum absolute atomic E-state index is 0.0640. The van der Waals surface area contributed by atoms with Crippen molar-refractivity contribution < 1.29 is 23.8 Å². The lowest BCUT2D eigenvalue weighted by atomic mass is 9.98. The molecule has 29 heavy (non-hydrogen) atoms. The number of hydrogen-bond acceptors (Lipinski definition) is 6. The molecular formula is C21H26N2O5S. The molecule has 1 atom stereocenters. The van der Waals surface area contributed by atoms with E-state index >= 15 is 0 Å². The lowest BCUT2D eigenvalue weighted by Crippen LogP contribution is -2.44. The van der Waals surface area contributed by atoms with E-state index in [-0.39, 0.29) is 24.4 Å². The van der Waals surface area contributed by atoms with E-state index in [1.54, 1.807) is 23.5 Å². The zero-order valence-electron chi connectivity index (χ0n) is 17.1. The average molecular weight is 419 g/mol. The molecule has 156 valence electrons. The molecule has 1 aromatic heterocycles. The third-order valence-electron chi connectivity index (χ3n) is 5.13. The molecule has 7 nitrogen and oxygen atoms in total. The van der Waals surface area contributed by atoms with Crippen LogP contribution in [0.3, 0.4) is 0 Å². The van der Waals surface area contributed by atoms with E-state index in [1.165, 1.54) is 31.8 Å². The monoisotopic (exact) mass is 418 g/mol. The van der Waals surface area contributed by atoms with E-state index in [2.05, 4.69) is 23.7 Å². The Hall–Kier alpha value is -2.74. The second-order valence-electron chi connectivity index (χ2n) is 6.66. The van der Waals surface area contributed by atoms with Crippen molar-refractivity contribution in [1.29, 1.82) is 0 Å². The first kappa shape index (κ1) is 21.0. The molecule has 2 heterocycles. The maximum absolute atomic E-state index is 12.8. The van der Waals surface area contributed by atoms with Gasteiger partial charge in [-0.1, -0.05) is 6.92 Å². The molecule has 8 heteroatoms. The van der Waals surface area contributed by atoms with Crippen LogP contribution >= 0.6 is 11.3 Å². The number of thiophene rings is 1. The summed E-state index contributed by atoms with van der Waals surface area (Å²) in [5.74, 6) is 0.715. The molecule has 2 aromatic rings. The van der Waals surface area contributed by atoms with Gasteiger partial charge in [-0.3, -0.25) is 9.59 Å². The topological polar surface area (TPSA) is 77.1 Å². The molecule has 0 aliphatic carbocycles. The number of benzene rings is 1. The number of amides is 2. The summed E-state index contributed by atoms with van der Waals surface area (Å²) in [4.78, 5) is 28.7. The molecule has 1 aromatic carbocycles. The molecule has 0 radical (unpaired) electrons. The predicted molar refractivity (Wildman–Crippen MR) is 111 cm³/mol. The van der Waals surface area contributed by atoms with Crippen molar-refractivity contribution in [3.05, 3.63) is 39.6 Å². The summed E-state index contributed by atoms with van der Waals surface area (Å²) in [6.07, 6.45) is 1.70. The minimum Gasteiger partial charge on any atom is -0.493 e. The van der Waals surface area contributed by atoms with Gasteiger partial charge in [0, 0.05) is 17.0 Å². The molecule has 1 N–H and O–H groups in total. The molecule has 0 bridgehead atoms. The van der Waals surface area contributed by atoms with Crippen LogP contribution in [0, 0.1) is 0 Å². The Labute approximate surface area is 174 Å². The summed E-state index contributed by atoms with van der Waals surface area (Å²) in [5, 5.41) is 4.80. The molecule has 0 spiro atoms.